The summed E-state index contributed by atoms with van der Waals surface area (Å²) in [5, 5.41) is 2.98. The molecule has 0 saturated carbocycles. The van der Waals surface area contributed by atoms with Gasteiger partial charge in [0.25, 0.3) is 11.8 Å². The van der Waals surface area contributed by atoms with E-state index in [-0.39, 0.29) is 17.9 Å². The van der Waals surface area contributed by atoms with Crippen molar-refractivity contribution in [1.82, 2.24) is 4.90 Å². The summed E-state index contributed by atoms with van der Waals surface area (Å²) in [6, 6.07) is 22.4. The third-order valence-corrected chi connectivity index (χ3v) is 7.64. The molecule has 0 aromatic heterocycles. The second kappa shape index (κ2) is 9.62. The number of piperazine rings is 1. The molecular weight excluding hydrogens is 454 g/mol. The van der Waals surface area contributed by atoms with Crippen LogP contribution in [-0.4, -0.2) is 42.4 Å². The number of thioether (sulfide) groups is 1. The summed E-state index contributed by atoms with van der Waals surface area (Å²) < 4.78 is 0. The second-order valence-electron chi connectivity index (χ2n) is 9.32. The Bertz CT molecular complexity index is 1320. The van der Waals surface area contributed by atoms with Crippen molar-refractivity contribution in [2.75, 3.05) is 29.9 Å². The molecule has 5 nitrogen and oxygen atoms in total. The van der Waals surface area contributed by atoms with E-state index in [0.717, 1.165) is 17.0 Å². The molecular formula is C29H29N3O2S. The molecule has 1 fully saturated rings. The largest absolute Gasteiger partial charge is 0.365 e. The summed E-state index contributed by atoms with van der Waals surface area (Å²) >= 11 is 1.44. The van der Waals surface area contributed by atoms with Gasteiger partial charge in [-0.15, -0.1) is 0 Å². The Morgan fingerprint density at radius 2 is 1.80 bits per heavy atom. The molecule has 2 heterocycles. The van der Waals surface area contributed by atoms with E-state index >= 15 is 0 Å². The number of benzene rings is 3. The number of nitrogens with zero attached hydrogens (tertiary/aromatic N) is 2. The third kappa shape index (κ3) is 4.98. The molecule has 0 aliphatic carbocycles. The highest BCUT2D eigenvalue weighted by molar-refractivity contribution is 8.04. The average Bonchev–Trinajstić information content (AvgIpc) is 2.85. The van der Waals surface area contributed by atoms with Crippen molar-refractivity contribution in [3.8, 4) is 0 Å². The van der Waals surface area contributed by atoms with Gasteiger partial charge in [0.2, 0.25) is 0 Å². The van der Waals surface area contributed by atoms with Gasteiger partial charge in [0.1, 0.15) is 0 Å². The highest BCUT2D eigenvalue weighted by Crippen LogP contribution is 2.39. The van der Waals surface area contributed by atoms with Crippen LogP contribution in [0.1, 0.15) is 34.0 Å². The molecule has 1 atom stereocenters. The van der Waals surface area contributed by atoms with Crippen molar-refractivity contribution < 1.29 is 9.59 Å². The van der Waals surface area contributed by atoms with Gasteiger partial charge in [-0.25, -0.2) is 0 Å². The first-order valence-corrected chi connectivity index (χ1v) is 12.7. The van der Waals surface area contributed by atoms with Crippen molar-refractivity contribution >= 4 is 41.0 Å². The van der Waals surface area contributed by atoms with Crippen LogP contribution in [0, 0.1) is 13.8 Å². The predicted octanol–water partition coefficient (Wildman–Crippen LogP) is 5.74. The molecule has 0 unspecified atom stereocenters. The molecule has 0 radical (unpaired) electrons. The Balaban J connectivity index is 1.29. The third-order valence-electron chi connectivity index (χ3n) is 6.54. The molecule has 1 N–H and O–H groups in total. The van der Waals surface area contributed by atoms with Crippen molar-refractivity contribution in [2.45, 2.75) is 31.7 Å². The normalized spacial score (nSPS) is 18.9. The quantitative estimate of drug-likeness (QED) is 0.483. The number of anilines is 2. The van der Waals surface area contributed by atoms with Crippen LogP contribution in [0.25, 0.3) is 6.08 Å². The van der Waals surface area contributed by atoms with Gasteiger partial charge in [0, 0.05) is 41.8 Å². The fourth-order valence-corrected chi connectivity index (χ4v) is 5.55. The van der Waals surface area contributed by atoms with Crippen molar-refractivity contribution in [1.29, 1.82) is 0 Å². The standard InChI is InChI=1S/C29H29N3O2S/c1-19-7-9-22(10-8-19)16-27-28(33)30-25-17-23(11-12-26(25)35-27)29(34)31-13-14-32(21(3)18-31)24-6-4-5-20(2)15-24/h4-12,15-17,21H,13-14,18H2,1-3H3,(H,30,33)/b27-16+/t21-/m0/s1. The fraction of sp³-hybridized carbons (Fsp3) is 0.241. The van der Waals surface area contributed by atoms with E-state index in [2.05, 4.69) is 48.3 Å². The minimum absolute atomic E-state index is 0.00351. The molecule has 178 valence electrons. The Kier molecular flexibility index (Phi) is 6.39. The van der Waals surface area contributed by atoms with E-state index in [0.29, 0.717) is 29.2 Å². The number of aryl methyl sites for hydroxylation is 2. The monoisotopic (exact) mass is 483 g/mol. The molecule has 5 rings (SSSR count). The molecule has 35 heavy (non-hydrogen) atoms. The van der Waals surface area contributed by atoms with Crippen LogP contribution in [0.5, 0.6) is 0 Å². The number of rotatable bonds is 3. The number of carbonyl (C=O) groups is 2. The van der Waals surface area contributed by atoms with E-state index in [9.17, 15) is 9.59 Å². The SMILES string of the molecule is Cc1ccc(/C=C2/Sc3ccc(C(=O)N4CCN(c5cccc(C)c5)[C@@H](C)C4)cc3NC2=O)cc1. The minimum Gasteiger partial charge on any atom is -0.365 e. The molecule has 3 aromatic rings. The first-order chi connectivity index (χ1) is 16.9. The number of hydrogen-bond donors (Lipinski definition) is 1. The Hall–Kier alpha value is -3.51. The Morgan fingerprint density at radius 1 is 1.00 bits per heavy atom. The summed E-state index contributed by atoms with van der Waals surface area (Å²) in [5.74, 6) is -0.142. The zero-order valence-corrected chi connectivity index (χ0v) is 21.1. The number of fused-ring (bicyclic) bond motifs is 1. The summed E-state index contributed by atoms with van der Waals surface area (Å²) in [6.45, 7) is 8.42. The Morgan fingerprint density at radius 3 is 2.54 bits per heavy atom. The van der Waals surface area contributed by atoms with E-state index in [1.54, 1.807) is 0 Å². The molecule has 3 aromatic carbocycles. The summed E-state index contributed by atoms with van der Waals surface area (Å²) in [4.78, 5) is 31.9. The van der Waals surface area contributed by atoms with Crippen LogP contribution in [0.15, 0.2) is 76.5 Å². The lowest BCUT2D eigenvalue weighted by molar-refractivity contribution is -0.112. The number of amides is 2. The van der Waals surface area contributed by atoms with E-state index in [1.165, 1.54) is 28.6 Å². The van der Waals surface area contributed by atoms with Crippen molar-refractivity contribution in [3.05, 3.63) is 93.9 Å². The molecule has 0 bridgehead atoms. The second-order valence-corrected chi connectivity index (χ2v) is 10.4. The summed E-state index contributed by atoms with van der Waals surface area (Å²) in [7, 11) is 0. The smallest absolute Gasteiger partial charge is 0.262 e. The van der Waals surface area contributed by atoms with Gasteiger partial charge in [-0.05, 0) is 68.3 Å². The molecule has 2 aliphatic rings. The molecule has 0 spiro atoms. The zero-order valence-electron chi connectivity index (χ0n) is 20.2. The lowest BCUT2D eigenvalue weighted by atomic mass is 10.1. The van der Waals surface area contributed by atoms with Crippen molar-refractivity contribution in [3.63, 3.8) is 0 Å². The van der Waals surface area contributed by atoms with Gasteiger partial charge in [-0.2, -0.15) is 0 Å². The summed E-state index contributed by atoms with van der Waals surface area (Å²) in [6.07, 6.45) is 1.90. The topological polar surface area (TPSA) is 52.7 Å². The van der Waals surface area contributed by atoms with Gasteiger partial charge in [-0.3, -0.25) is 9.59 Å². The van der Waals surface area contributed by atoms with Gasteiger partial charge in [-0.1, -0.05) is 53.7 Å². The van der Waals surface area contributed by atoms with Gasteiger partial charge < -0.3 is 15.1 Å². The average molecular weight is 484 g/mol. The highest BCUT2D eigenvalue weighted by Gasteiger charge is 2.29. The fourth-order valence-electron chi connectivity index (χ4n) is 4.62. The van der Waals surface area contributed by atoms with Crippen LogP contribution in [-0.2, 0) is 4.79 Å². The van der Waals surface area contributed by atoms with Crippen LogP contribution < -0.4 is 10.2 Å². The number of hydrogen-bond acceptors (Lipinski definition) is 4. The zero-order chi connectivity index (χ0) is 24.5. The minimum atomic E-state index is -0.145. The molecule has 6 heteroatoms. The lowest BCUT2D eigenvalue weighted by Crippen LogP contribution is -2.53. The Labute approximate surface area is 210 Å². The van der Waals surface area contributed by atoms with Crippen LogP contribution in [0.2, 0.25) is 0 Å². The molecule has 2 amide bonds. The van der Waals surface area contributed by atoms with E-state index in [4.69, 9.17) is 0 Å². The van der Waals surface area contributed by atoms with E-state index < -0.39 is 0 Å². The first-order valence-electron chi connectivity index (χ1n) is 11.9. The maximum Gasteiger partial charge on any atom is 0.262 e. The maximum atomic E-state index is 13.3. The molecule has 1 saturated heterocycles. The number of carbonyl (C=O) groups excluding carboxylic acids is 2. The lowest BCUT2D eigenvalue weighted by Gasteiger charge is -2.41. The van der Waals surface area contributed by atoms with Crippen LogP contribution >= 0.6 is 11.8 Å². The first kappa shape index (κ1) is 23.2. The highest BCUT2D eigenvalue weighted by atomic mass is 32.2. The predicted molar refractivity (Wildman–Crippen MR) is 144 cm³/mol. The van der Waals surface area contributed by atoms with Gasteiger partial charge in [0.05, 0.1) is 10.6 Å². The van der Waals surface area contributed by atoms with E-state index in [1.807, 2.05) is 60.4 Å². The van der Waals surface area contributed by atoms with Gasteiger partial charge >= 0.3 is 0 Å². The number of nitrogens with one attached hydrogen (secondary N) is 1. The maximum absolute atomic E-state index is 13.3. The van der Waals surface area contributed by atoms with Crippen molar-refractivity contribution in [2.24, 2.45) is 0 Å². The van der Waals surface area contributed by atoms with Crippen LogP contribution in [0.4, 0.5) is 11.4 Å². The molecule has 2 aliphatic heterocycles. The van der Waals surface area contributed by atoms with Crippen LogP contribution in [0.3, 0.4) is 0 Å². The van der Waals surface area contributed by atoms with Gasteiger partial charge in [0.15, 0.2) is 0 Å². The summed E-state index contributed by atoms with van der Waals surface area (Å²) in [5.41, 5.74) is 5.90.